The molecule has 1 aliphatic rings. The smallest absolute Gasteiger partial charge is 0.342 e. The van der Waals surface area contributed by atoms with Crippen molar-refractivity contribution in [3.63, 3.8) is 0 Å². The predicted octanol–water partition coefficient (Wildman–Crippen LogP) is 3.44. The molecular weight excluding hydrogens is 249 g/mol. The average molecular weight is 260 g/mol. The van der Waals surface area contributed by atoms with E-state index in [2.05, 4.69) is 4.98 Å². The number of ether oxygens (including phenoxy) is 1. The minimum atomic E-state index is -0.521. The molecule has 86 valence electrons. The average Bonchev–Trinajstić information content (AvgIpc) is 2.99. The molecule has 1 aliphatic carbocycles. The Morgan fingerprint density at radius 3 is 2.75 bits per heavy atom. The van der Waals surface area contributed by atoms with E-state index in [9.17, 15) is 4.79 Å². The van der Waals surface area contributed by atoms with Crippen LogP contribution in [0, 0.1) is 0 Å². The van der Waals surface area contributed by atoms with Crippen molar-refractivity contribution in [3.05, 3.63) is 27.5 Å². The van der Waals surface area contributed by atoms with E-state index in [-0.39, 0.29) is 17.3 Å². The third-order valence-corrected chi connectivity index (χ3v) is 2.99. The Hall–Kier alpha value is -0.800. The number of rotatable bonds is 3. The van der Waals surface area contributed by atoms with Crippen LogP contribution in [0.25, 0.3) is 0 Å². The van der Waals surface area contributed by atoms with Crippen LogP contribution in [0.1, 0.15) is 41.7 Å². The third kappa shape index (κ3) is 2.30. The van der Waals surface area contributed by atoms with Crippen LogP contribution in [-0.2, 0) is 4.74 Å². The van der Waals surface area contributed by atoms with Gasteiger partial charge in [-0.15, -0.1) is 0 Å². The molecule has 1 fully saturated rings. The molecule has 0 aromatic carbocycles. The van der Waals surface area contributed by atoms with Gasteiger partial charge < -0.3 is 4.74 Å². The van der Waals surface area contributed by atoms with Crippen molar-refractivity contribution in [2.75, 3.05) is 6.61 Å². The summed E-state index contributed by atoms with van der Waals surface area (Å²) in [6.45, 7) is 2.02. The van der Waals surface area contributed by atoms with Crippen molar-refractivity contribution in [3.8, 4) is 0 Å². The fourth-order valence-electron chi connectivity index (χ4n) is 1.48. The van der Waals surface area contributed by atoms with Gasteiger partial charge in [-0.05, 0) is 25.8 Å². The van der Waals surface area contributed by atoms with Crippen molar-refractivity contribution < 1.29 is 9.53 Å². The second-order valence-electron chi connectivity index (χ2n) is 3.69. The Labute approximate surface area is 104 Å². The highest BCUT2D eigenvalue weighted by molar-refractivity contribution is 6.38. The van der Waals surface area contributed by atoms with Crippen molar-refractivity contribution in [2.24, 2.45) is 0 Å². The summed E-state index contributed by atoms with van der Waals surface area (Å²) in [7, 11) is 0. The molecule has 0 N–H and O–H groups in total. The first-order chi connectivity index (χ1) is 7.63. The molecule has 0 unspecified atom stereocenters. The van der Waals surface area contributed by atoms with Gasteiger partial charge in [0.05, 0.1) is 11.6 Å². The highest BCUT2D eigenvalue weighted by atomic mass is 35.5. The number of carbonyl (C=O) groups is 1. The van der Waals surface area contributed by atoms with Crippen LogP contribution in [0.5, 0.6) is 0 Å². The van der Waals surface area contributed by atoms with Crippen LogP contribution < -0.4 is 0 Å². The number of aromatic nitrogens is 1. The second-order valence-corrected chi connectivity index (χ2v) is 4.45. The first-order valence-electron chi connectivity index (χ1n) is 5.16. The molecule has 1 aromatic rings. The SMILES string of the molecule is CCOC(=O)c1c(Cl)cc(C2CC2)nc1Cl. The van der Waals surface area contributed by atoms with E-state index in [1.807, 2.05) is 0 Å². The predicted molar refractivity (Wildman–Crippen MR) is 62.2 cm³/mol. The van der Waals surface area contributed by atoms with E-state index in [0.717, 1.165) is 18.5 Å². The molecule has 0 atom stereocenters. The molecule has 0 saturated heterocycles. The molecule has 3 nitrogen and oxygen atoms in total. The zero-order chi connectivity index (χ0) is 11.7. The summed E-state index contributed by atoms with van der Waals surface area (Å²) in [5.41, 5.74) is 1.03. The third-order valence-electron chi connectivity index (χ3n) is 2.42. The molecule has 1 saturated carbocycles. The normalized spacial score (nSPS) is 14.9. The summed E-state index contributed by atoms with van der Waals surface area (Å²) in [6, 6.07) is 1.71. The van der Waals surface area contributed by atoms with Crippen LogP contribution in [0.4, 0.5) is 0 Å². The van der Waals surface area contributed by atoms with Gasteiger partial charge in [-0.2, -0.15) is 0 Å². The van der Waals surface area contributed by atoms with Gasteiger partial charge in [0.2, 0.25) is 0 Å². The van der Waals surface area contributed by atoms with Crippen LogP contribution in [0.2, 0.25) is 10.2 Å². The number of nitrogens with zero attached hydrogens (tertiary/aromatic N) is 1. The minimum Gasteiger partial charge on any atom is -0.462 e. The van der Waals surface area contributed by atoms with Gasteiger partial charge in [-0.1, -0.05) is 23.2 Å². The molecule has 0 bridgehead atoms. The molecular formula is C11H11Cl2NO2. The highest BCUT2D eigenvalue weighted by Crippen LogP contribution is 2.41. The van der Waals surface area contributed by atoms with Crippen molar-refractivity contribution in [2.45, 2.75) is 25.7 Å². The summed E-state index contributed by atoms with van der Waals surface area (Å²) in [5.74, 6) is -0.0707. The van der Waals surface area contributed by atoms with E-state index in [4.69, 9.17) is 27.9 Å². The van der Waals surface area contributed by atoms with Gasteiger partial charge in [0.15, 0.2) is 0 Å². The minimum absolute atomic E-state index is 0.132. The lowest BCUT2D eigenvalue weighted by atomic mass is 10.2. The molecule has 0 aliphatic heterocycles. The maximum atomic E-state index is 11.6. The van der Waals surface area contributed by atoms with Crippen molar-refractivity contribution >= 4 is 29.2 Å². The maximum absolute atomic E-state index is 11.6. The van der Waals surface area contributed by atoms with Crippen LogP contribution in [0.15, 0.2) is 6.07 Å². The molecule has 16 heavy (non-hydrogen) atoms. The summed E-state index contributed by atoms with van der Waals surface area (Å²) >= 11 is 12.0. The van der Waals surface area contributed by atoms with Gasteiger partial charge in [0.1, 0.15) is 10.7 Å². The van der Waals surface area contributed by atoms with E-state index in [1.54, 1.807) is 13.0 Å². The van der Waals surface area contributed by atoms with E-state index < -0.39 is 5.97 Å². The summed E-state index contributed by atoms with van der Waals surface area (Å²) in [6.07, 6.45) is 2.22. The molecule has 2 rings (SSSR count). The standard InChI is InChI=1S/C11H11Cl2NO2/c1-2-16-11(15)9-7(12)5-8(6-3-4-6)14-10(9)13/h5-6H,2-4H2,1H3. The zero-order valence-corrected chi connectivity index (χ0v) is 10.3. The number of hydrogen-bond acceptors (Lipinski definition) is 3. The Balaban J connectivity index is 2.34. The number of carbonyl (C=O) groups excluding carboxylic acids is 1. The fraction of sp³-hybridized carbons (Fsp3) is 0.455. The lowest BCUT2D eigenvalue weighted by Gasteiger charge is -2.07. The van der Waals surface area contributed by atoms with E-state index >= 15 is 0 Å². The molecule has 0 radical (unpaired) electrons. The van der Waals surface area contributed by atoms with Gasteiger partial charge in [-0.25, -0.2) is 9.78 Å². The Morgan fingerprint density at radius 2 is 2.25 bits per heavy atom. The molecule has 1 heterocycles. The number of pyridine rings is 1. The lowest BCUT2D eigenvalue weighted by molar-refractivity contribution is 0.0526. The Kier molecular flexibility index (Phi) is 3.36. The fourth-order valence-corrected chi connectivity index (χ4v) is 2.08. The van der Waals surface area contributed by atoms with Crippen LogP contribution in [0.3, 0.4) is 0 Å². The maximum Gasteiger partial charge on any atom is 0.342 e. The summed E-state index contributed by atoms with van der Waals surface area (Å²) < 4.78 is 4.86. The quantitative estimate of drug-likeness (QED) is 0.617. The summed E-state index contributed by atoms with van der Waals surface area (Å²) in [4.78, 5) is 15.7. The molecule has 5 heteroatoms. The monoisotopic (exact) mass is 259 g/mol. The Morgan fingerprint density at radius 1 is 1.56 bits per heavy atom. The topological polar surface area (TPSA) is 39.2 Å². The number of esters is 1. The van der Waals surface area contributed by atoms with E-state index in [0.29, 0.717) is 10.9 Å². The lowest BCUT2D eigenvalue weighted by Crippen LogP contribution is -2.08. The summed E-state index contributed by atoms with van der Waals surface area (Å²) in [5, 5.41) is 0.452. The van der Waals surface area contributed by atoms with Crippen molar-refractivity contribution in [1.82, 2.24) is 4.98 Å². The highest BCUT2D eigenvalue weighted by Gasteiger charge is 2.28. The zero-order valence-electron chi connectivity index (χ0n) is 8.80. The van der Waals surface area contributed by atoms with Crippen LogP contribution in [-0.4, -0.2) is 17.6 Å². The molecule has 1 aromatic heterocycles. The number of hydrogen-bond donors (Lipinski definition) is 0. The second kappa shape index (κ2) is 4.60. The van der Waals surface area contributed by atoms with Gasteiger partial charge >= 0.3 is 5.97 Å². The van der Waals surface area contributed by atoms with Gasteiger partial charge in [-0.3, -0.25) is 0 Å². The van der Waals surface area contributed by atoms with E-state index in [1.165, 1.54) is 0 Å². The first-order valence-corrected chi connectivity index (χ1v) is 5.92. The van der Waals surface area contributed by atoms with Crippen molar-refractivity contribution in [1.29, 1.82) is 0 Å². The Bertz CT molecular complexity index is 407. The largest absolute Gasteiger partial charge is 0.462 e. The van der Waals surface area contributed by atoms with Crippen LogP contribution >= 0.6 is 23.2 Å². The number of halogens is 2. The first kappa shape index (κ1) is 11.7. The van der Waals surface area contributed by atoms with Gasteiger partial charge in [0, 0.05) is 11.6 Å². The molecule has 0 amide bonds. The van der Waals surface area contributed by atoms with Gasteiger partial charge in [0.25, 0.3) is 0 Å². The molecule has 0 spiro atoms.